The van der Waals surface area contributed by atoms with E-state index in [-0.39, 0.29) is 0 Å². The molecule has 0 aliphatic carbocycles. The van der Waals surface area contributed by atoms with Crippen molar-refractivity contribution < 1.29 is 0 Å². The van der Waals surface area contributed by atoms with Crippen molar-refractivity contribution in [3.8, 4) is 0 Å². The van der Waals surface area contributed by atoms with E-state index in [0.29, 0.717) is 5.41 Å². The van der Waals surface area contributed by atoms with Gasteiger partial charge in [0.1, 0.15) is 0 Å². The third kappa shape index (κ3) is 13.0. The molecule has 0 aliphatic heterocycles. The van der Waals surface area contributed by atoms with Crippen LogP contribution in [0.25, 0.3) is 0 Å². The zero-order valence-corrected chi connectivity index (χ0v) is 18.6. The van der Waals surface area contributed by atoms with E-state index >= 15 is 0 Å². The number of rotatable bonds is 9. The second kappa shape index (κ2) is 13.3. The Hall–Kier alpha value is 0. The average Bonchev–Trinajstić information content (AvgIpc) is 2.45. The van der Waals surface area contributed by atoms with Crippen LogP contribution in [0.1, 0.15) is 115 Å². The lowest BCUT2D eigenvalue weighted by Crippen LogP contribution is -2.25. The van der Waals surface area contributed by atoms with Gasteiger partial charge in [0, 0.05) is 0 Å². The molecule has 0 saturated carbocycles. The maximum atomic E-state index is 2.46. The molecule has 0 aliphatic rings. The molecule has 0 nitrogen and oxygen atoms in total. The molecule has 23 heavy (non-hydrogen) atoms. The van der Waals surface area contributed by atoms with Crippen molar-refractivity contribution in [1.29, 1.82) is 0 Å². The highest BCUT2D eigenvalue weighted by atomic mass is 14.3. The van der Waals surface area contributed by atoms with Gasteiger partial charge in [-0.15, -0.1) is 0 Å². The summed E-state index contributed by atoms with van der Waals surface area (Å²) < 4.78 is 0. The molecule has 142 valence electrons. The number of hydrogen-bond donors (Lipinski definition) is 0. The van der Waals surface area contributed by atoms with Crippen LogP contribution in [0.4, 0.5) is 0 Å². The van der Waals surface area contributed by atoms with Gasteiger partial charge in [0.25, 0.3) is 0 Å². The molecule has 0 radical (unpaired) electrons. The Labute approximate surface area is 150 Å². The smallest absolute Gasteiger partial charge is 0.0360 e. The highest BCUT2D eigenvalue weighted by Gasteiger charge is 2.26. The molecular formula is C23H50. The van der Waals surface area contributed by atoms with Crippen molar-refractivity contribution in [3.05, 3.63) is 0 Å². The highest BCUT2D eigenvalue weighted by molar-refractivity contribution is 4.76. The van der Waals surface area contributed by atoms with Crippen molar-refractivity contribution in [2.45, 2.75) is 115 Å². The first-order valence-corrected chi connectivity index (χ1v) is 10.5. The molecule has 0 amide bonds. The topological polar surface area (TPSA) is 0 Å². The molecule has 4 unspecified atom stereocenters. The van der Waals surface area contributed by atoms with Crippen molar-refractivity contribution in [2.75, 3.05) is 0 Å². The van der Waals surface area contributed by atoms with Crippen LogP contribution in [-0.2, 0) is 0 Å². The van der Waals surface area contributed by atoms with Crippen molar-refractivity contribution >= 4 is 0 Å². The summed E-state index contributed by atoms with van der Waals surface area (Å²) in [7, 11) is 0. The minimum Gasteiger partial charge on any atom is -0.0654 e. The molecule has 0 aromatic heterocycles. The Balaban J connectivity index is 0. The predicted octanol–water partition coefficient (Wildman–Crippen LogP) is 8.60. The molecule has 0 bridgehead atoms. The first-order valence-electron chi connectivity index (χ1n) is 10.5. The summed E-state index contributed by atoms with van der Waals surface area (Å²) in [5.41, 5.74) is 0.550. The third-order valence-electron chi connectivity index (χ3n) is 5.73. The summed E-state index contributed by atoms with van der Waals surface area (Å²) in [6.07, 6.45) is 8.14. The number of hydrogen-bond acceptors (Lipinski definition) is 0. The normalized spacial score (nSPS) is 17.2. The lowest BCUT2D eigenvalue weighted by molar-refractivity contribution is 0.158. The van der Waals surface area contributed by atoms with Crippen LogP contribution in [0, 0.1) is 35.0 Å². The van der Waals surface area contributed by atoms with E-state index in [0.717, 1.165) is 29.6 Å². The van der Waals surface area contributed by atoms with Gasteiger partial charge >= 0.3 is 0 Å². The van der Waals surface area contributed by atoms with E-state index in [1.54, 1.807) is 0 Å². The quantitative estimate of drug-likeness (QED) is 0.398. The first-order chi connectivity index (χ1) is 10.5. The minimum atomic E-state index is 0.550. The molecule has 0 heteroatoms. The summed E-state index contributed by atoms with van der Waals surface area (Å²) in [6, 6.07) is 0. The van der Waals surface area contributed by atoms with Crippen LogP contribution in [0.3, 0.4) is 0 Å². The van der Waals surface area contributed by atoms with Crippen LogP contribution >= 0.6 is 0 Å². The fourth-order valence-electron chi connectivity index (χ4n) is 3.71. The van der Waals surface area contributed by atoms with Crippen LogP contribution in [-0.4, -0.2) is 0 Å². The highest BCUT2D eigenvalue weighted by Crippen LogP contribution is 2.35. The largest absolute Gasteiger partial charge is 0.0654 e. The van der Waals surface area contributed by atoms with Gasteiger partial charge in [-0.25, -0.2) is 0 Å². The maximum absolute atomic E-state index is 2.46. The van der Waals surface area contributed by atoms with Crippen LogP contribution in [0.5, 0.6) is 0 Å². The van der Waals surface area contributed by atoms with Gasteiger partial charge in [-0.05, 0) is 47.8 Å². The fraction of sp³-hybridized carbons (Fsp3) is 1.00. The van der Waals surface area contributed by atoms with Gasteiger partial charge in [-0.1, -0.05) is 102 Å². The Morgan fingerprint density at radius 1 is 0.739 bits per heavy atom. The summed E-state index contributed by atoms with van der Waals surface area (Å²) in [5, 5.41) is 0. The standard InChI is InChI=1S/C16H34.C7H16/c1-8-13(6)11-15(9-2)16(10-3)14(7)12(4)5;1-5-6-7(2,3)4/h12-16H,8-11H2,1-7H3;5-6H2,1-4H3. The maximum Gasteiger partial charge on any atom is -0.0360 e. The molecule has 0 aromatic carbocycles. The van der Waals surface area contributed by atoms with E-state index < -0.39 is 0 Å². The Bertz CT molecular complexity index is 245. The summed E-state index contributed by atoms with van der Waals surface area (Å²) in [5.74, 6) is 4.48. The molecule has 0 saturated heterocycles. The van der Waals surface area contributed by atoms with Crippen LogP contribution in [0.15, 0.2) is 0 Å². The monoisotopic (exact) mass is 326 g/mol. The third-order valence-corrected chi connectivity index (χ3v) is 5.73. The van der Waals surface area contributed by atoms with E-state index in [1.807, 2.05) is 0 Å². The molecule has 0 N–H and O–H groups in total. The summed E-state index contributed by atoms with van der Waals surface area (Å²) in [6.45, 7) is 25.8. The van der Waals surface area contributed by atoms with E-state index in [1.165, 1.54) is 38.5 Å². The molecule has 0 rings (SSSR count). The van der Waals surface area contributed by atoms with Crippen molar-refractivity contribution in [3.63, 3.8) is 0 Å². The lowest BCUT2D eigenvalue weighted by Gasteiger charge is -2.34. The Morgan fingerprint density at radius 2 is 1.26 bits per heavy atom. The van der Waals surface area contributed by atoms with Gasteiger partial charge in [0.05, 0.1) is 0 Å². The van der Waals surface area contributed by atoms with Gasteiger partial charge < -0.3 is 0 Å². The fourth-order valence-corrected chi connectivity index (χ4v) is 3.71. The minimum absolute atomic E-state index is 0.550. The average molecular weight is 327 g/mol. The van der Waals surface area contributed by atoms with Crippen molar-refractivity contribution in [1.82, 2.24) is 0 Å². The lowest BCUT2D eigenvalue weighted by atomic mass is 9.71. The van der Waals surface area contributed by atoms with E-state index in [4.69, 9.17) is 0 Å². The molecule has 0 heterocycles. The SMILES string of the molecule is CCC(C)CC(CC)C(CC)C(C)C(C)C.CCCC(C)(C)C. The van der Waals surface area contributed by atoms with E-state index in [2.05, 4.69) is 76.2 Å². The second-order valence-corrected chi connectivity index (χ2v) is 9.40. The van der Waals surface area contributed by atoms with Crippen LogP contribution < -0.4 is 0 Å². The molecular weight excluding hydrogens is 276 g/mol. The molecule has 0 fully saturated rings. The van der Waals surface area contributed by atoms with Gasteiger partial charge in [-0.2, -0.15) is 0 Å². The van der Waals surface area contributed by atoms with Gasteiger partial charge in [0.15, 0.2) is 0 Å². The second-order valence-electron chi connectivity index (χ2n) is 9.40. The summed E-state index contributed by atoms with van der Waals surface area (Å²) in [4.78, 5) is 0. The molecule has 4 atom stereocenters. The Morgan fingerprint density at radius 3 is 1.48 bits per heavy atom. The summed E-state index contributed by atoms with van der Waals surface area (Å²) >= 11 is 0. The van der Waals surface area contributed by atoms with Gasteiger partial charge in [0.2, 0.25) is 0 Å². The van der Waals surface area contributed by atoms with Crippen LogP contribution in [0.2, 0.25) is 0 Å². The first kappa shape index (κ1) is 25.2. The molecule has 0 spiro atoms. The zero-order valence-electron chi connectivity index (χ0n) is 18.6. The zero-order chi connectivity index (χ0) is 18.6. The molecule has 0 aromatic rings. The van der Waals surface area contributed by atoms with Crippen molar-refractivity contribution in [2.24, 2.45) is 35.0 Å². The predicted molar refractivity (Wildman–Crippen MR) is 110 cm³/mol. The van der Waals surface area contributed by atoms with E-state index in [9.17, 15) is 0 Å². The Kier molecular flexibility index (Phi) is 14.6. The van der Waals surface area contributed by atoms with Gasteiger partial charge in [-0.3, -0.25) is 0 Å².